The van der Waals surface area contributed by atoms with Crippen LogP contribution >= 0.6 is 0 Å². The first kappa shape index (κ1) is 12.1. The van der Waals surface area contributed by atoms with Crippen molar-refractivity contribution in [3.05, 3.63) is 11.8 Å². The first-order valence-corrected chi connectivity index (χ1v) is 5.94. The summed E-state index contributed by atoms with van der Waals surface area (Å²) in [7, 11) is 0. The van der Waals surface area contributed by atoms with Crippen molar-refractivity contribution in [1.29, 1.82) is 0 Å². The summed E-state index contributed by atoms with van der Waals surface area (Å²) in [6.07, 6.45) is 2.73. The van der Waals surface area contributed by atoms with E-state index in [0.29, 0.717) is 12.2 Å². The largest absolute Gasteiger partial charge is 0.372 e. The van der Waals surface area contributed by atoms with Crippen LogP contribution in [0.2, 0.25) is 0 Å². The summed E-state index contributed by atoms with van der Waals surface area (Å²) < 4.78 is 5.52. The van der Waals surface area contributed by atoms with Crippen LogP contribution in [0, 0.1) is 0 Å². The predicted octanol–water partition coefficient (Wildman–Crippen LogP) is 0.937. The first-order chi connectivity index (χ1) is 8.20. The van der Waals surface area contributed by atoms with Gasteiger partial charge in [0.05, 0.1) is 17.8 Å². The fourth-order valence-electron chi connectivity index (χ4n) is 1.79. The van der Waals surface area contributed by atoms with E-state index in [-0.39, 0.29) is 12.0 Å². The number of aromatic amines is 1. The summed E-state index contributed by atoms with van der Waals surface area (Å²) in [6.45, 7) is 2.65. The highest BCUT2D eigenvalue weighted by atomic mass is 16.5. The van der Waals surface area contributed by atoms with Crippen molar-refractivity contribution in [2.45, 2.75) is 38.3 Å². The standard InChI is InChI=1S/C11H18N4O2/c1-2-7(12)11(16)13-10-6-8(14-15-10)9-4-3-5-17-9/h6-7,9H,2-5,12H2,1H3,(H2,13,14,15,16)/t7-,9?/m1/s1. The maximum absolute atomic E-state index is 11.6. The fourth-order valence-corrected chi connectivity index (χ4v) is 1.79. The lowest BCUT2D eigenvalue weighted by Gasteiger charge is -2.07. The highest BCUT2D eigenvalue weighted by Gasteiger charge is 2.20. The molecule has 0 aromatic carbocycles. The van der Waals surface area contributed by atoms with E-state index in [1.165, 1.54) is 0 Å². The molecule has 0 radical (unpaired) electrons. The van der Waals surface area contributed by atoms with Crippen LogP contribution in [0.25, 0.3) is 0 Å². The molecule has 1 aliphatic heterocycles. The lowest BCUT2D eigenvalue weighted by atomic mass is 10.2. The summed E-state index contributed by atoms with van der Waals surface area (Å²) >= 11 is 0. The Kier molecular flexibility index (Phi) is 3.75. The number of carbonyl (C=O) groups is 1. The van der Waals surface area contributed by atoms with Gasteiger partial charge in [-0.05, 0) is 19.3 Å². The number of anilines is 1. The van der Waals surface area contributed by atoms with Gasteiger partial charge in [-0.15, -0.1) is 0 Å². The number of carbonyl (C=O) groups excluding carboxylic acids is 1. The Morgan fingerprint density at radius 3 is 3.29 bits per heavy atom. The van der Waals surface area contributed by atoms with E-state index < -0.39 is 6.04 Å². The van der Waals surface area contributed by atoms with E-state index >= 15 is 0 Å². The third kappa shape index (κ3) is 2.83. The Balaban J connectivity index is 1.96. The second-order valence-corrected chi connectivity index (χ2v) is 4.21. The van der Waals surface area contributed by atoms with E-state index in [1.807, 2.05) is 6.92 Å². The molecule has 0 saturated carbocycles. The van der Waals surface area contributed by atoms with Gasteiger partial charge in [-0.1, -0.05) is 6.92 Å². The lowest BCUT2D eigenvalue weighted by Crippen LogP contribution is -2.34. The van der Waals surface area contributed by atoms with Crippen molar-refractivity contribution in [2.24, 2.45) is 5.73 Å². The number of ether oxygens (including phenoxy) is 1. The molecule has 0 aliphatic carbocycles. The van der Waals surface area contributed by atoms with Crippen molar-refractivity contribution in [1.82, 2.24) is 10.2 Å². The maximum Gasteiger partial charge on any atom is 0.242 e. The molecule has 1 aromatic heterocycles. The molecule has 0 bridgehead atoms. The van der Waals surface area contributed by atoms with E-state index in [2.05, 4.69) is 15.5 Å². The number of hydrogen-bond acceptors (Lipinski definition) is 4. The Morgan fingerprint density at radius 2 is 2.65 bits per heavy atom. The summed E-state index contributed by atoms with van der Waals surface area (Å²) in [5, 5.41) is 9.58. The summed E-state index contributed by atoms with van der Waals surface area (Å²) in [5.41, 5.74) is 6.52. The van der Waals surface area contributed by atoms with Crippen molar-refractivity contribution in [2.75, 3.05) is 11.9 Å². The molecule has 1 saturated heterocycles. The second-order valence-electron chi connectivity index (χ2n) is 4.21. The molecular weight excluding hydrogens is 220 g/mol. The minimum absolute atomic E-state index is 0.0769. The van der Waals surface area contributed by atoms with Gasteiger partial charge in [0.15, 0.2) is 5.82 Å². The molecule has 0 spiro atoms. The molecule has 1 fully saturated rings. The average molecular weight is 238 g/mol. The molecule has 6 nitrogen and oxygen atoms in total. The van der Waals surface area contributed by atoms with E-state index in [4.69, 9.17) is 10.5 Å². The van der Waals surface area contributed by atoms with E-state index in [9.17, 15) is 4.79 Å². The summed E-state index contributed by atoms with van der Waals surface area (Å²) in [5.74, 6) is 0.294. The molecule has 6 heteroatoms. The molecule has 2 heterocycles. The maximum atomic E-state index is 11.6. The number of H-pyrrole nitrogens is 1. The Hall–Kier alpha value is -1.40. The SMILES string of the molecule is CC[C@@H](N)C(=O)Nc1cc(C2CCCO2)[nH]n1. The minimum atomic E-state index is -0.488. The molecule has 94 valence electrons. The number of aromatic nitrogens is 2. The van der Waals surface area contributed by atoms with Gasteiger partial charge >= 0.3 is 0 Å². The van der Waals surface area contributed by atoms with E-state index in [0.717, 1.165) is 25.1 Å². The van der Waals surface area contributed by atoms with Crippen LogP contribution in [-0.2, 0) is 9.53 Å². The molecule has 1 amide bonds. The third-order valence-electron chi connectivity index (χ3n) is 2.90. The van der Waals surface area contributed by atoms with Gasteiger partial charge in [0, 0.05) is 12.7 Å². The van der Waals surface area contributed by atoms with Gasteiger partial charge in [-0.2, -0.15) is 5.10 Å². The minimum Gasteiger partial charge on any atom is -0.372 e. The van der Waals surface area contributed by atoms with Crippen molar-refractivity contribution in [3.63, 3.8) is 0 Å². The smallest absolute Gasteiger partial charge is 0.242 e. The Bertz CT molecular complexity index is 385. The lowest BCUT2D eigenvalue weighted by molar-refractivity contribution is -0.117. The zero-order valence-electron chi connectivity index (χ0n) is 9.90. The van der Waals surface area contributed by atoms with Gasteiger partial charge in [-0.3, -0.25) is 9.89 Å². The number of nitrogens with one attached hydrogen (secondary N) is 2. The predicted molar refractivity (Wildman–Crippen MR) is 63.4 cm³/mol. The highest BCUT2D eigenvalue weighted by molar-refractivity contribution is 5.93. The number of amides is 1. The Labute approximate surface area is 99.9 Å². The molecule has 1 unspecified atom stereocenters. The second kappa shape index (κ2) is 5.29. The van der Waals surface area contributed by atoms with Crippen molar-refractivity contribution >= 4 is 11.7 Å². The molecule has 1 aliphatic rings. The number of nitrogens with zero attached hydrogens (tertiary/aromatic N) is 1. The summed E-state index contributed by atoms with van der Waals surface area (Å²) in [6, 6.07) is 1.31. The number of rotatable bonds is 4. The van der Waals surface area contributed by atoms with Gasteiger partial charge < -0.3 is 15.8 Å². The van der Waals surface area contributed by atoms with Crippen LogP contribution in [0.1, 0.15) is 38.0 Å². The van der Waals surface area contributed by atoms with E-state index in [1.54, 1.807) is 6.07 Å². The normalized spacial score (nSPS) is 21.4. The van der Waals surface area contributed by atoms with Crippen LogP contribution in [0.15, 0.2) is 6.07 Å². The molecule has 2 atom stereocenters. The highest BCUT2D eigenvalue weighted by Crippen LogP contribution is 2.28. The first-order valence-electron chi connectivity index (χ1n) is 5.94. The van der Waals surface area contributed by atoms with Gasteiger partial charge in [-0.25, -0.2) is 0 Å². The molecule has 2 rings (SSSR count). The monoisotopic (exact) mass is 238 g/mol. The van der Waals surface area contributed by atoms with Crippen LogP contribution in [-0.4, -0.2) is 28.8 Å². The fraction of sp³-hybridized carbons (Fsp3) is 0.636. The zero-order valence-corrected chi connectivity index (χ0v) is 9.90. The zero-order chi connectivity index (χ0) is 12.3. The average Bonchev–Trinajstić information content (AvgIpc) is 2.97. The molecule has 17 heavy (non-hydrogen) atoms. The van der Waals surface area contributed by atoms with Gasteiger partial charge in [0.2, 0.25) is 5.91 Å². The van der Waals surface area contributed by atoms with Gasteiger partial charge in [0.25, 0.3) is 0 Å². The van der Waals surface area contributed by atoms with Gasteiger partial charge in [0.1, 0.15) is 0 Å². The molecular formula is C11H18N4O2. The summed E-state index contributed by atoms with van der Waals surface area (Å²) in [4.78, 5) is 11.6. The topological polar surface area (TPSA) is 93.0 Å². The quantitative estimate of drug-likeness (QED) is 0.727. The van der Waals surface area contributed by atoms with Crippen molar-refractivity contribution in [3.8, 4) is 0 Å². The molecule has 4 N–H and O–H groups in total. The Morgan fingerprint density at radius 1 is 1.82 bits per heavy atom. The van der Waals surface area contributed by atoms with Crippen LogP contribution in [0.4, 0.5) is 5.82 Å². The molecule has 1 aromatic rings. The number of nitrogens with two attached hydrogens (primary N) is 1. The van der Waals surface area contributed by atoms with Crippen molar-refractivity contribution < 1.29 is 9.53 Å². The third-order valence-corrected chi connectivity index (χ3v) is 2.90. The number of hydrogen-bond donors (Lipinski definition) is 3. The van der Waals surface area contributed by atoms with Crippen LogP contribution < -0.4 is 11.1 Å². The van der Waals surface area contributed by atoms with Crippen LogP contribution in [0.5, 0.6) is 0 Å². The van der Waals surface area contributed by atoms with Crippen LogP contribution in [0.3, 0.4) is 0 Å².